The van der Waals surface area contributed by atoms with Crippen LogP contribution in [0.25, 0.3) is 20.8 Å². The summed E-state index contributed by atoms with van der Waals surface area (Å²) < 4.78 is 16.7. The number of carbonyl (C=O) groups excluding carboxylic acids is 1. The number of carbonyl (C=O) groups is 1. The third-order valence-corrected chi connectivity index (χ3v) is 6.00. The fourth-order valence-electron chi connectivity index (χ4n) is 3.45. The molecule has 4 rings (SSSR count). The van der Waals surface area contributed by atoms with Crippen LogP contribution in [0.3, 0.4) is 0 Å². The van der Waals surface area contributed by atoms with Gasteiger partial charge in [-0.2, -0.15) is 0 Å². The number of rotatable bonds is 7. The maximum Gasteiger partial charge on any atom is 0.327 e. The first-order valence-corrected chi connectivity index (χ1v) is 10.5. The summed E-state index contributed by atoms with van der Waals surface area (Å²) in [5, 5.41) is 15.3. The van der Waals surface area contributed by atoms with Crippen molar-refractivity contribution >= 4 is 38.8 Å². The molecule has 168 valence electrons. The van der Waals surface area contributed by atoms with Crippen molar-refractivity contribution < 1.29 is 23.9 Å². The van der Waals surface area contributed by atoms with E-state index in [2.05, 4.69) is 10.3 Å². The third-order valence-electron chi connectivity index (χ3n) is 4.93. The van der Waals surface area contributed by atoms with Crippen molar-refractivity contribution in [2.24, 2.45) is 0 Å². The van der Waals surface area contributed by atoms with Crippen LogP contribution in [-0.2, 0) is 0 Å². The van der Waals surface area contributed by atoms with E-state index in [9.17, 15) is 14.9 Å². The summed E-state index contributed by atoms with van der Waals surface area (Å²) in [4.78, 5) is 29.1. The standard InChI is InChI=1S/C23H19N3O6S/c1-30-17-12-14(19(26(28)29)21(32-3)20(17)31-2)22(27)24-15-9-5-4-8-13(15)23-25-16-10-6-7-11-18(16)33-23/h4-12H,1-3H3,(H,24,27). The van der Waals surface area contributed by atoms with Gasteiger partial charge in [0.25, 0.3) is 5.91 Å². The Bertz CT molecular complexity index is 1330. The number of methoxy groups -OCH3 is 3. The smallest absolute Gasteiger partial charge is 0.327 e. The maximum absolute atomic E-state index is 13.2. The molecule has 0 atom stereocenters. The molecule has 0 radical (unpaired) electrons. The average molecular weight is 465 g/mol. The number of nitrogens with zero attached hydrogens (tertiary/aromatic N) is 2. The number of nitrogens with one attached hydrogen (secondary N) is 1. The number of para-hydroxylation sites is 2. The van der Waals surface area contributed by atoms with Gasteiger partial charge in [-0.05, 0) is 24.3 Å². The first-order chi connectivity index (χ1) is 16.0. The number of aromatic nitrogens is 1. The Balaban J connectivity index is 1.79. The molecule has 1 amide bonds. The Morgan fingerprint density at radius 3 is 2.36 bits per heavy atom. The molecule has 0 saturated heterocycles. The molecule has 0 spiro atoms. The number of nitro benzene ring substituents is 1. The summed E-state index contributed by atoms with van der Waals surface area (Å²) in [6.07, 6.45) is 0. The molecule has 4 aromatic rings. The molecule has 10 heteroatoms. The highest BCUT2D eigenvalue weighted by molar-refractivity contribution is 7.21. The zero-order chi connectivity index (χ0) is 23.5. The molecule has 33 heavy (non-hydrogen) atoms. The molecule has 1 heterocycles. The predicted molar refractivity (Wildman–Crippen MR) is 126 cm³/mol. The predicted octanol–water partition coefficient (Wildman–Crippen LogP) is 5.15. The zero-order valence-corrected chi connectivity index (χ0v) is 18.8. The largest absolute Gasteiger partial charge is 0.493 e. The summed E-state index contributed by atoms with van der Waals surface area (Å²) in [6.45, 7) is 0. The van der Waals surface area contributed by atoms with Crippen molar-refractivity contribution in [2.45, 2.75) is 0 Å². The molecule has 0 unspecified atom stereocenters. The second-order valence-electron chi connectivity index (χ2n) is 6.79. The molecular formula is C23H19N3O6S. The Morgan fingerprint density at radius 2 is 1.70 bits per heavy atom. The van der Waals surface area contributed by atoms with Crippen LogP contribution in [0.1, 0.15) is 10.4 Å². The van der Waals surface area contributed by atoms with E-state index < -0.39 is 16.5 Å². The van der Waals surface area contributed by atoms with Crippen molar-refractivity contribution in [3.05, 3.63) is 70.3 Å². The van der Waals surface area contributed by atoms with Crippen LogP contribution < -0.4 is 19.5 Å². The number of hydrogen-bond donors (Lipinski definition) is 1. The Morgan fingerprint density at radius 1 is 1.00 bits per heavy atom. The van der Waals surface area contributed by atoms with Gasteiger partial charge in [0.15, 0.2) is 5.75 Å². The molecular weight excluding hydrogens is 446 g/mol. The summed E-state index contributed by atoms with van der Waals surface area (Å²) in [6, 6.07) is 16.1. The lowest BCUT2D eigenvalue weighted by Crippen LogP contribution is -2.16. The molecule has 3 aromatic carbocycles. The first kappa shape index (κ1) is 22.0. The van der Waals surface area contributed by atoms with Crippen LogP contribution >= 0.6 is 11.3 Å². The van der Waals surface area contributed by atoms with E-state index in [4.69, 9.17) is 14.2 Å². The fourth-order valence-corrected chi connectivity index (χ4v) is 4.46. The second kappa shape index (κ2) is 9.13. The van der Waals surface area contributed by atoms with Crippen molar-refractivity contribution in [1.82, 2.24) is 4.98 Å². The maximum atomic E-state index is 13.2. The Hall–Kier alpha value is -4.18. The Labute approximate surface area is 192 Å². The minimum Gasteiger partial charge on any atom is -0.493 e. The monoisotopic (exact) mass is 465 g/mol. The van der Waals surface area contributed by atoms with Gasteiger partial charge in [0.2, 0.25) is 11.5 Å². The second-order valence-corrected chi connectivity index (χ2v) is 7.82. The van der Waals surface area contributed by atoms with E-state index in [1.807, 2.05) is 36.4 Å². The Kier molecular flexibility index (Phi) is 6.09. The number of anilines is 1. The summed E-state index contributed by atoms with van der Waals surface area (Å²) in [5.74, 6) is -0.747. The van der Waals surface area contributed by atoms with Crippen molar-refractivity contribution in [2.75, 3.05) is 26.6 Å². The minimum atomic E-state index is -0.700. The number of amides is 1. The third kappa shape index (κ3) is 4.03. The quantitative estimate of drug-likeness (QED) is 0.297. The van der Waals surface area contributed by atoms with Crippen molar-refractivity contribution in [3.8, 4) is 27.8 Å². The lowest BCUT2D eigenvalue weighted by atomic mass is 10.1. The highest BCUT2D eigenvalue weighted by Gasteiger charge is 2.32. The van der Waals surface area contributed by atoms with Gasteiger partial charge >= 0.3 is 5.69 Å². The van der Waals surface area contributed by atoms with Gasteiger partial charge in [-0.1, -0.05) is 24.3 Å². The van der Waals surface area contributed by atoms with Gasteiger partial charge < -0.3 is 19.5 Å². The topological polar surface area (TPSA) is 113 Å². The molecule has 0 saturated carbocycles. The normalized spacial score (nSPS) is 10.6. The minimum absolute atomic E-state index is 0.0260. The number of nitro groups is 1. The number of thiazole rings is 1. The number of hydrogen-bond acceptors (Lipinski definition) is 8. The molecule has 9 nitrogen and oxygen atoms in total. The molecule has 0 fully saturated rings. The van der Waals surface area contributed by atoms with Gasteiger partial charge in [0.05, 0.1) is 42.2 Å². The molecule has 0 aliphatic heterocycles. The molecule has 0 aliphatic rings. The molecule has 1 N–H and O–H groups in total. The van der Waals surface area contributed by atoms with Crippen LogP contribution in [0, 0.1) is 10.1 Å². The van der Waals surface area contributed by atoms with E-state index in [-0.39, 0.29) is 22.8 Å². The van der Waals surface area contributed by atoms with E-state index >= 15 is 0 Å². The van der Waals surface area contributed by atoms with Gasteiger partial charge in [-0.3, -0.25) is 14.9 Å². The van der Waals surface area contributed by atoms with Crippen LogP contribution in [0.2, 0.25) is 0 Å². The highest BCUT2D eigenvalue weighted by atomic mass is 32.1. The van der Waals surface area contributed by atoms with Crippen LogP contribution in [0.5, 0.6) is 17.2 Å². The molecule has 0 aliphatic carbocycles. The molecule has 1 aromatic heterocycles. The summed E-state index contributed by atoms with van der Waals surface area (Å²) in [5.41, 5.74) is 1.25. The van der Waals surface area contributed by atoms with E-state index in [0.717, 1.165) is 10.2 Å². The summed E-state index contributed by atoms with van der Waals surface area (Å²) in [7, 11) is 3.96. The first-order valence-electron chi connectivity index (χ1n) is 9.72. The van der Waals surface area contributed by atoms with Crippen LogP contribution in [-0.4, -0.2) is 37.1 Å². The summed E-state index contributed by atoms with van der Waals surface area (Å²) >= 11 is 1.49. The van der Waals surface area contributed by atoms with E-state index in [1.54, 1.807) is 12.1 Å². The zero-order valence-electron chi connectivity index (χ0n) is 17.9. The SMILES string of the molecule is COc1cc(C(=O)Nc2ccccc2-c2nc3ccccc3s2)c([N+](=O)[O-])c(OC)c1OC. The lowest BCUT2D eigenvalue weighted by Gasteiger charge is -2.15. The number of fused-ring (bicyclic) bond motifs is 1. The molecule has 0 bridgehead atoms. The van der Waals surface area contributed by atoms with Gasteiger partial charge in [0.1, 0.15) is 10.6 Å². The number of benzene rings is 3. The highest BCUT2D eigenvalue weighted by Crippen LogP contribution is 2.46. The fraction of sp³-hybridized carbons (Fsp3) is 0.130. The van der Waals surface area contributed by atoms with Crippen LogP contribution in [0.4, 0.5) is 11.4 Å². The van der Waals surface area contributed by atoms with Gasteiger partial charge in [0, 0.05) is 11.6 Å². The van der Waals surface area contributed by atoms with Crippen molar-refractivity contribution in [1.29, 1.82) is 0 Å². The van der Waals surface area contributed by atoms with Crippen LogP contribution in [0.15, 0.2) is 54.6 Å². The van der Waals surface area contributed by atoms with Gasteiger partial charge in [-0.25, -0.2) is 4.98 Å². The number of ether oxygens (including phenoxy) is 3. The van der Waals surface area contributed by atoms with Crippen molar-refractivity contribution in [3.63, 3.8) is 0 Å². The average Bonchev–Trinajstić information content (AvgIpc) is 3.26. The lowest BCUT2D eigenvalue weighted by molar-refractivity contribution is -0.386. The van der Waals surface area contributed by atoms with E-state index in [0.29, 0.717) is 16.3 Å². The van der Waals surface area contributed by atoms with E-state index in [1.165, 1.54) is 38.7 Å². The van der Waals surface area contributed by atoms with Gasteiger partial charge in [-0.15, -0.1) is 11.3 Å².